The van der Waals surface area contributed by atoms with Crippen molar-refractivity contribution < 1.29 is 15.0 Å². The predicted octanol–water partition coefficient (Wildman–Crippen LogP) is 3.26. The second-order valence-electron chi connectivity index (χ2n) is 5.61. The number of nitrogens with zero attached hydrogens (tertiary/aromatic N) is 2. The number of hydrogen-bond donors (Lipinski definition) is 4. The molecule has 3 aromatic rings. The van der Waals surface area contributed by atoms with Gasteiger partial charge in [-0.05, 0) is 57.3 Å². The maximum atomic E-state index is 12.0. The van der Waals surface area contributed by atoms with Crippen LogP contribution in [0.15, 0.2) is 21.1 Å². The van der Waals surface area contributed by atoms with Crippen molar-refractivity contribution in [2.45, 2.75) is 13.8 Å². The van der Waals surface area contributed by atoms with E-state index in [9.17, 15) is 15.0 Å². The summed E-state index contributed by atoms with van der Waals surface area (Å²) in [6.45, 7) is 3.70. The van der Waals surface area contributed by atoms with E-state index in [1.54, 1.807) is 6.07 Å². The van der Waals surface area contributed by atoms with Gasteiger partial charge >= 0.3 is 0 Å². The standard InChI is InChI=1S/C16H14Br2N4O3/c1-5-3-7-10(15(20)25)14(19)22(16(7)21-6(5)2)13-11(17)8(23)4-9(24)12(13)18/h3-4,23-24H,19H2,1-2H3,(H2,20,25). The summed E-state index contributed by atoms with van der Waals surface area (Å²) in [5, 5.41) is 20.6. The zero-order valence-electron chi connectivity index (χ0n) is 13.3. The van der Waals surface area contributed by atoms with Crippen LogP contribution in [0.5, 0.6) is 11.5 Å². The Morgan fingerprint density at radius 1 is 1.16 bits per heavy atom. The van der Waals surface area contributed by atoms with Crippen molar-refractivity contribution in [1.82, 2.24) is 9.55 Å². The van der Waals surface area contributed by atoms with Crippen LogP contribution in [-0.2, 0) is 0 Å². The maximum absolute atomic E-state index is 12.0. The third-order valence-electron chi connectivity index (χ3n) is 4.03. The van der Waals surface area contributed by atoms with Crippen molar-refractivity contribution in [3.05, 3.63) is 37.9 Å². The number of rotatable bonds is 2. The first-order valence-corrected chi connectivity index (χ1v) is 8.72. The lowest BCUT2D eigenvalue weighted by Crippen LogP contribution is -2.13. The van der Waals surface area contributed by atoms with Gasteiger partial charge in [-0.1, -0.05) is 0 Å². The highest BCUT2D eigenvalue weighted by Gasteiger charge is 2.26. The number of phenolic OH excluding ortho intramolecular Hbond substituents is 2. The van der Waals surface area contributed by atoms with Gasteiger partial charge in [0.05, 0.1) is 20.2 Å². The molecule has 0 radical (unpaired) electrons. The summed E-state index contributed by atoms with van der Waals surface area (Å²) < 4.78 is 2.02. The van der Waals surface area contributed by atoms with Gasteiger partial charge in [0.15, 0.2) is 0 Å². The van der Waals surface area contributed by atoms with Crippen molar-refractivity contribution in [1.29, 1.82) is 0 Å². The molecule has 0 spiro atoms. The smallest absolute Gasteiger partial charge is 0.253 e. The number of primary amides is 1. The second kappa shape index (κ2) is 5.92. The molecule has 7 nitrogen and oxygen atoms in total. The van der Waals surface area contributed by atoms with Gasteiger partial charge in [0.25, 0.3) is 5.91 Å². The van der Waals surface area contributed by atoms with E-state index in [2.05, 4.69) is 36.8 Å². The minimum absolute atomic E-state index is 0.0615. The Hall–Kier alpha value is -2.26. The summed E-state index contributed by atoms with van der Waals surface area (Å²) in [5.41, 5.74) is 14.2. The molecule has 0 saturated heterocycles. The second-order valence-corrected chi connectivity index (χ2v) is 7.20. The van der Waals surface area contributed by atoms with Crippen LogP contribution in [0, 0.1) is 13.8 Å². The summed E-state index contributed by atoms with van der Waals surface area (Å²) in [4.78, 5) is 16.5. The van der Waals surface area contributed by atoms with Crippen LogP contribution < -0.4 is 11.5 Å². The molecule has 0 aliphatic heterocycles. The number of phenols is 2. The van der Waals surface area contributed by atoms with Crippen molar-refractivity contribution in [2.75, 3.05) is 5.73 Å². The van der Waals surface area contributed by atoms with E-state index in [0.717, 1.165) is 11.3 Å². The van der Waals surface area contributed by atoms with Gasteiger partial charge in [-0.15, -0.1) is 0 Å². The zero-order chi connectivity index (χ0) is 18.6. The lowest BCUT2D eigenvalue weighted by atomic mass is 10.1. The number of amides is 1. The number of carbonyl (C=O) groups is 1. The zero-order valence-corrected chi connectivity index (χ0v) is 16.4. The van der Waals surface area contributed by atoms with Crippen LogP contribution in [-0.4, -0.2) is 25.7 Å². The number of nitrogen functional groups attached to an aromatic ring is 1. The Labute approximate surface area is 159 Å². The summed E-state index contributed by atoms with van der Waals surface area (Å²) in [7, 11) is 0. The number of aromatic nitrogens is 2. The Balaban J connectivity index is 2.57. The largest absolute Gasteiger partial charge is 0.507 e. The lowest BCUT2D eigenvalue weighted by molar-refractivity contribution is 0.100. The van der Waals surface area contributed by atoms with E-state index in [1.165, 1.54) is 10.6 Å². The normalized spacial score (nSPS) is 11.2. The van der Waals surface area contributed by atoms with Crippen molar-refractivity contribution in [3.63, 3.8) is 0 Å². The number of aryl methyl sites for hydroxylation is 2. The third kappa shape index (κ3) is 2.54. The molecule has 3 rings (SSSR count). The van der Waals surface area contributed by atoms with Crippen molar-refractivity contribution in [2.24, 2.45) is 5.73 Å². The van der Waals surface area contributed by atoms with Crippen LogP contribution in [0.25, 0.3) is 16.7 Å². The topological polar surface area (TPSA) is 127 Å². The van der Waals surface area contributed by atoms with Gasteiger partial charge in [0, 0.05) is 17.1 Å². The number of carbonyl (C=O) groups excluding carboxylic acids is 1. The summed E-state index contributed by atoms with van der Waals surface area (Å²) >= 11 is 6.58. The number of fused-ring (bicyclic) bond motifs is 1. The number of pyridine rings is 1. The van der Waals surface area contributed by atoms with Gasteiger partial charge in [-0.25, -0.2) is 4.98 Å². The first kappa shape index (κ1) is 17.6. The van der Waals surface area contributed by atoms with Crippen molar-refractivity contribution >= 4 is 54.6 Å². The minimum atomic E-state index is -0.692. The van der Waals surface area contributed by atoms with Crippen LogP contribution in [0.4, 0.5) is 5.82 Å². The molecular weight excluding hydrogens is 456 g/mol. The minimum Gasteiger partial charge on any atom is -0.507 e. The highest BCUT2D eigenvalue weighted by Crippen LogP contribution is 2.45. The van der Waals surface area contributed by atoms with Crippen LogP contribution in [0.2, 0.25) is 0 Å². The first-order chi connectivity index (χ1) is 11.6. The van der Waals surface area contributed by atoms with E-state index in [0.29, 0.717) is 16.7 Å². The molecule has 0 aliphatic carbocycles. The average molecular weight is 470 g/mol. The van der Waals surface area contributed by atoms with Crippen LogP contribution in [0.3, 0.4) is 0 Å². The SMILES string of the molecule is Cc1cc2c(C(N)=O)c(N)n(-c3c(Br)c(O)cc(O)c3Br)c2nc1C. The van der Waals surface area contributed by atoms with Gasteiger partial charge in [0.1, 0.15) is 23.0 Å². The molecule has 6 N–H and O–H groups in total. The van der Waals surface area contributed by atoms with E-state index >= 15 is 0 Å². The monoisotopic (exact) mass is 468 g/mol. The number of aromatic hydroxyl groups is 2. The van der Waals surface area contributed by atoms with Crippen molar-refractivity contribution in [3.8, 4) is 17.2 Å². The Kier molecular flexibility index (Phi) is 4.16. The Bertz CT molecular complexity index is 1030. The maximum Gasteiger partial charge on any atom is 0.253 e. The van der Waals surface area contributed by atoms with E-state index in [4.69, 9.17) is 11.5 Å². The van der Waals surface area contributed by atoms with E-state index in [1.807, 2.05) is 13.8 Å². The fourth-order valence-corrected chi connectivity index (χ4v) is 3.93. The van der Waals surface area contributed by atoms with Crippen LogP contribution in [0.1, 0.15) is 21.6 Å². The molecule has 1 amide bonds. The third-order valence-corrected chi connectivity index (χ3v) is 5.60. The molecule has 0 unspecified atom stereocenters. The molecule has 0 atom stereocenters. The molecule has 0 fully saturated rings. The Morgan fingerprint density at radius 3 is 2.24 bits per heavy atom. The van der Waals surface area contributed by atoms with Gasteiger partial charge in [-0.2, -0.15) is 0 Å². The highest BCUT2D eigenvalue weighted by molar-refractivity contribution is 9.11. The fourth-order valence-electron chi connectivity index (χ4n) is 2.69. The van der Waals surface area contributed by atoms with Gasteiger partial charge in [0.2, 0.25) is 0 Å². The van der Waals surface area contributed by atoms with Crippen LogP contribution >= 0.6 is 31.9 Å². The highest BCUT2D eigenvalue weighted by atomic mass is 79.9. The number of nitrogens with two attached hydrogens (primary N) is 2. The first-order valence-electron chi connectivity index (χ1n) is 7.13. The van der Waals surface area contributed by atoms with Gasteiger partial charge < -0.3 is 21.7 Å². The number of hydrogen-bond acceptors (Lipinski definition) is 5. The molecule has 0 aliphatic rings. The molecule has 0 saturated carbocycles. The molecule has 2 aromatic heterocycles. The Morgan fingerprint density at radius 2 is 1.72 bits per heavy atom. The average Bonchev–Trinajstić information content (AvgIpc) is 2.78. The summed E-state index contributed by atoms with van der Waals surface area (Å²) in [6, 6.07) is 2.96. The lowest BCUT2D eigenvalue weighted by Gasteiger charge is -2.15. The quantitative estimate of drug-likeness (QED) is 0.458. The molecule has 130 valence electrons. The molecule has 25 heavy (non-hydrogen) atoms. The predicted molar refractivity (Wildman–Crippen MR) is 102 cm³/mol. The molecule has 1 aromatic carbocycles. The van der Waals surface area contributed by atoms with Gasteiger partial charge in [-0.3, -0.25) is 9.36 Å². The van der Waals surface area contributed by atoms with E-state index < -0.39 is 5.91 Å². The molecule has 0 bridgehead atoms. The number of halogens is 2. The molecule has 2 heterocycles. The molecule has 9 heteroatoms. The molecular formula is C16H14Br2N4O3. The fraction of sp³-hybridized carbons (Fsp3) is 0.125. The van der Waals surface area contributed by atoms with E-state index in [-0.39, 0.29) is 31.8 Å². The summed E-state index contributed by atoms with van der Waals surface area (Å²) in [5.74, 6) is -1.02. The number of benzene rings is 1. The number of anilines is 1. The summed E-state index contributed by atoms with van der Waals surface area (Å²) in [6.07, 6.45) is 0.